The first kappa shape index (κ1) is 20.7. The topological polar surface area (TPSA) is 65.4 Å². The molecule has 2 heterocycles. The minimum absolute atomic E-state index is 0.174. The van der Waals surface area contributed by atoms with E-state index in [9.17, 15) is 4.79 Å². The van der Waals surface area contributed by atoms with E-state index in [1.807, 2.05) is 53.9 Å². The van der Waals surface area contributed by atoms with Crippen LogP contribution in [0.3, 0.4) is 0 Å². The first-order valence-electron chi connectivity index (χ1n) is 9.87. The molecule has 0 radical (unpaired) electrons. The van der Waals surface area contributed by atoms with Gasteiger partial charge in [-0.25, -0.2) is 4.68 Å². The third kappa shape index (κ3) is 4.62. The zero-order valence-electron chi connectivity index (χ0n) is 17.4. The minimum Gasteiger partial charge on any atom is -0.497 e. The molecule has 0 fully saturated rings. The Morgan fingerprint density at radius 2 is 1.90 bits per heavy atom. The number of amides is 1. The lowest BCUT2D eigenvalue weighted by molar-refractivity contribution is 0.0955. The lowest BCUT2D eigenvalue weighted by Crippen LogP contribution is -2.25. The maximum Gasteiger partial charge on any atom is 0.255 e. The molecule has 6 nitrogen and oxygen atoms in total. The number of hydrogen-bond acceptors (Lipinski definition) is 5. The molecule has 0 aliphatic heterocycles. The third-order valence-electron chi connectivity index (χ3n) is 4.88. The smallest absolute Gasteiger partial charge is 0.255 e. The van der Waals surface area contributed by atoms with Crippen molar-refractivity contribution in [3.05, 3.63) is 82.7 Å². The number of carbonyl (C=O) groups excluding carboxylic acids is 1. The number of nitrogens with zero attached hydrogens (tertiary/aromatic N) is 2. The molecule has 0 saturated heterocycles. The molecule has 0 saturated carbocycles. The van der Waals surface area contributed by atoms with Gasteiger partial charge in [0.15, 0.2) is 0 Å². The average Bonchev–Trinajstić information content (AvgIpc) is 3.49. The van der Waals surface area contributed by atoms with E-state index in [0.717, 1.165) is 17.7 Å². The Bertz CT molecular complexity index is 1150. The van der Waals surface area contributed by atoms with Gasteiger partial charge in [-0.3, -0.25) is 4.79 Å². The van der Waals surface area contributed by atoms with E-state index in [1.165, 1.54) is 4.88 Å². The summed E-state index contributed by atoms with van der Waals surface area (Å²) in [4.78, 5) is 14.3. The molecule has 1 N–H and O–H groups in total. The summed E-state index contributed by atoms with van der Waals surface area (Å²) in [5, 5.41) is 9.79. The molecule has 4 aromatic rings. The molecular weight excluding hydrogens is 410 g/mol. The van der Waals surface area contributed by atoms with Crippen molar-refractivity contribution in [1.29, 1.82) is 0 Å². The van der Waals surface area contributed by atoms with Crippen molar-refractivity contribution in [1.82, 2.24) is 15.1 Å². The first-order valence-corrected chi connectivity index (χ1v) is 10.8. The number of para-hydroxylation sites is 1. The van der Waals surface area contributed by atoms with Crippen LogP contribution in [0.1, 0.15) is 15.2 Å². The molecule has 0 spiro atoms. The van der Waals surface area contributed by atoms with E-state index in [-0.39, 0.29) is 5.91 Å². The fourth-order valence-corrected chi connectivity index (χ4v) is 4.00. The van der Waals surface area contributed by atoms with Gasteiger partial charge in [0.05, 0.1) is 25.5 Å². The molecule has 2 aromatic heterocycles. The number of benzene rings is 2. The Balaban J connectivity index is 1.69. The van der Waals surface area contributed by atoms with Crippen molar-refractivity contribution in [3.63, 3.8) is 0 Å². The summed E-state index contributed by atoms with van der Waals surface area (Å²) in [6.45, 7) is 0.551. The van der Waals surface area contributed by atoms with Crippen molar-refractivity contribution < 1.29 is 14.3 Å². The van der Waals surface area contributed by atoms with Crippen molar-refractivity contribution in [2.24, 2.45) is 0 Å². The molecule has 7 heteroatoms. The lowest BCUT2D eigenvalue weighted by Gasteiger charge is -2.10. The second-order valence-corrected chi connectivity index (χ2v) is 7.86. The number of aromatic nitrogens is 2. The van der Waals surface area contributed by atoms with E-state index in [2.05, 4.69) is 11.4 Å². The summed E-state index contributed by atoms with van der Waals surface area (Å²) in [5.41, 5.74) is 2.63. The summed E-state index contributed by atoms with van der Waals surface area (Å²) in [6.07, 6.45) is 2.55. The van der Waals surface area contributed by atoms with Crippen LogP contribution in [0.4, 0.5) is 0 Å². The number of hydrogen-bond donors (Lipinski definition) is 1. The second-order valence-electron chi connectivity index (χ2n) is 6.82. The molecule has 0 atom stereocenters. The normalized spacial score (nSPS) is 10.6. The summed E-state index contributed by atoms with van der Waals surface area (Å²) in [5.74, 6) is 1.09. The van der Waals surface area contributed by atoms with Crippen LogP contribution in [0.5, 0.6) is 11.5 Å². The molecule has 4 rings (SSSR count). The molecular formula is C24H23N3O3S. The standard InChI is InChI=1S/C24H23N3O3S/c1-29-18-10-11-20(22(15-18)30-2)23-21(16-27(26-23)17-7-4-3-5-8-17)24(28)25-13-12-19-9-6-14-31-19/h3-11,14-16H,12-13H2,1-2H3,(H,25,28). The number of nitrogens with one attached hydrogen (secondary N) is 1. The SMILES string of the molecule is COc1ccc(-c2nn(-c3ccccc3)cc2C(=O)NCCc2cccs2)c(OC)c1. The van der Waals surface area contributed by atoms with Gasteiger partial charge in [0.25, 0.3) is 5.91 Å². The van der Waals surface area contributed by atoms with E-state index in [1.54, 1.807) is 42.5 Å². The maximum atomic E-state index is 13.1. The van der Waals surface area contributed by atoms with Gasteiger partial charge < -0.3 is 14.8 Å². The van der Waals surface area contributed by atoms with Gasteiger partial charge >= 0.3 is 0 Å². The van der Waals surface area contributed by atoms with Gasteiger partial charge in [0.2, 0.25) is 0 Å². The van der Waals surface area contributed by atoms with Crippen LogP contribution in [-0.4, -0.2) is 36.5 Å². The Kier molecular flexibility index (Phi) is 6.33. The molecule has 0 unspecified atom stereocenters. The number of carbonyl (C=O) groups is 1. The van der Waals surface area contributed by atoms with Crippen LogP contribution in [0.2, 0.25) is 0 Å². The zero-order chi connectivity index (χ0) is 21.6. The Morgan fingerprint density at radius 3 is 2.61 bits per heavy atom. The second kappa shape index (κ2) is 9.49. The van der Waals surface area contributed by atoms with Crippen molar-refractivity contribution in [2.75, 3.05) is 20.8 Å². The predicted molar refractivity (Wildman–Crippen MR) is 122 cm³/mol. The number of methoxy groups -OCH3 is 2. The highest BCUT2D eigenvalue weighted by molar-refractivity contribution is 7.09. The van der Waals surface area contributed by atoms with Gasteiger partial charge in [-0.2, -0.15) is 5.10 Å². The van der Waals surface area contributed by atoms with Gasteiger partial charge in [-0.15, -0.1) is 11.3 Å². The zero-order valence-corrected chi connectivity index (χ0v) is 18.2. The van der Waals surface area contributed by atoms with Gasteiger partial charge in [0, 0.05) is 29.2 Å². The minimum atomic E-state index is -0.174. The predicted octanol–water partition coefficient (Wildman–Crippen LogP) is 4.59. The highest BCUT2D eigenvalue weighted by atomic mass is 32.1. The summed E-state index contributed by atoms with van der Waals surface area (Å²) < 4.78 is 12.6. The lowest BCUT2D eigenvalue weighted by atomic mass is 10.1. The molecule has 31 heavy (non-hydrogen) atoms. The highest BCUT2D eigenvalue weighted by Crippen LogP contribution is 2.34. The molecule has 0 aliphatic rings. The van der Waals surface area contributed by atoms with E-state index in [4.69, 9.17) is 14.6 Å². The Labute approximate surface area is 185 Å². The van der Waals surface area contributed by atoms with Crippen LogP contribution in [0.15, 0.2) is 72.2 Å². The van der Waals surface area contributed by atoms with Gasteiger partial charge in [0.1, 0.15) is 17.2 Å². The summed E-state index contributed by atoms with van der Waals surface area (Å²) >= 11 is 1.68. The Hall–Kier alpha value is -3.58. The van der Waals surface area contributed by atoms with E-state index >= 15 is 0 Å². The first-order chi connectivity index (χ1) is 15.2. The summed E-state index contributed by atoms with van der Waals surface area (Å²) in [7, 11) is 3.19. The fourth-order valence-electron chi connectivity index (χ4n) is 3.30. The third-order valence-corrected chi connectivity index (χ3v) is 5.82. The van der Waals surface area contributed by atoms with Crippen LogP contribution in [0.25, 0.3) is 16.9 Å². The van der Waals surface area contributed by atoms with Crippen LogP contribution >= 0.6 is 11.3 Å². The average molecular weight is 434 g/mol. The maximum absolute atomic E-state index is 13.1. The van der Waals surface area contributed by atoms with Crippen LogP contribution < -0.4 is 14.8 Å². The molecule has 0 bridgehead atoms. The van der Waals surface area contributed by atoms with Crippen molar-refractivity contribution >= 4 is 17.2 Å². The van der Waals surface area contributed by atoms with Crippen molar-refractivity contribution in [2.45, 2.75) is 6.42 Å². The van der Waals surface area contributed by atoms with Crippen LogP contribution in [-0.2, 0) is 6.42 Å². The molecule has 158 valence electrons. The number of thiophene rings is 1. The number of ether oxygens (including phenoxy) is 2. The fraction of sp³-hybridized carbons (Fsp3) is 0.167. The van der Waals surface area contributed by atoms with E-state index in [0.29, 0.717) is 29.3 Å². The van der Waals surface area contributed by atoms with Crippen molar-refractivity contribution in [3.8, 4) is 28.4 Å². The van der Waals surface area contributed by atoms with Gasteiger partial charge in [-0.1, -0.05) is 24.3 Å². The summed E-state index contributed by atoms with van der Waals surface area (Å²) in [6, 6.07) is 19.3. The quantitative estimate of drug-likeness (QED) is 0.441. The molecule has 2 aromatic carbocycles. The van der Waals surface area contributed by atoms with E-state index < -0.39 is 0 Å². The van der Waals surface area contributed by atoms with Gasteiger partial charge in [-0.05, 0) is 42.1 Å². The largest absolute Gasteiger partial charge is 0.497 e. The highest BCUT2D eigenvalue weighted by Gasteiger charge is 2.21. The molecule has 0 aliphatic carbocycles. The van der Waals surface area contributed by atoms with Crippen LogP contribution in [0, 0.1) is 0 Å². The Morgan fingerprint density at radius 1 is 1.06 bits per heavy atom. The molecule has 1 amide bonds. The monoisotopic (exact) mass is 433 g/mol. The number of rotatable bonds is 8.